The van der Waals surface area contributed by atoms with E-state index in [2.05, 4.69) is 20.8 Å². The number of benzene rings is 1. The van der Waals surface area contributed by atoms with Crippen molar-refractivity contribution in [1.82, 2.24) is 30.2 Å². The second-order valence-electron chi connectivity index (χ2n) is 14.5. The molecule has 2 heterocycles. The molecule has 0 aliphatic heterocycles. The Balaban J connectivity index is 0.859. The molecular weight excluding hydrogens is 564 g/mol. The van der Waals surface area contributed by atoms with E-state index in [-0.39, 0.29) is 17.4 Å². The van der Waals surface area contributed by atoms with Crippen LogP contribution in [0.15, 0.2) is 29.1 Å². The van der Waals surface area contributed by atoms with Gasteiger partial charge in [-0.1, -0.05) is 30.5 Å². The number of fused-ring (bicyclic) bond motifs is 1. The van der Waals surface area contributed by atoms with Crippen LogP contribution in [0.4, 0.5) is 0 Å². The lowest BCUT2D eigenvalue weighted by atomic mass is 9.49. The molecule has 1 aromatic carbocycles. The van der Waals surface area contributed by atoms with Crippen LogP contribution >= 0.6 is 0 Å². The molecule has 45 heavy (non-hydrogen) atoms. The molecule has 2 aromatic heterocycles. The summed E-state index contributed by atoms with van der Waals surface area (Å²) in [7, 11) is 0. The Labute approximate surface area is 266 Å². The first-order valence-corrected chi connectivity index (χ1v) is 17.3. The van der Waals surface area contributed by atoms with E-state index in [0.29, 0.717) is 36.9 Å². The number of aryl methyl sites for hydroxylation is 4. The highest BCUT2D eigenvalue weighted by molar-refractivity contribution is 5.83. The third kappa shape index (κ3) is 7.17. The van der Waals surface area contributed by atoms with Gasteiger partial charge in [0.1, 0.15) is 0 Å². The van der Waals surface area contributed by atoms with Gasteiger partial charge in [0.25, 0.3) is 5.56 Å². The molecule has 242 valence electrons. The van der Waals surface area contributed by atoms with Crippen molar-refractivity contribution in [3.05, 3.63) is 51.6 Å². The van der Waals surface area contributed by atoms with E-state index >= 15 is 0 Å². The van der Waals surface area contributed by atoms with Gasteiger partial charge in [0.15, 0.2) is 5.52 Å². The van der Waals surface area contributed by atoms with Crippen molar-refractivity contribution in [2.45, 2.75) is 111 Å². The van der Waals surface area contributed by atoms with Crippen molar-refractivity contribution >= 4 is 22.7 Å². The predicted octanol–water partition coefficient (Wildman–Crippen LogP) is 5.69. The van der Waals surface area contributed by atoms with Gasteiger partial charge in [-0.2, -0.15) is 10.2 Å². The SMILES string of the molecule is Cc1ccc(-n2nc3c(=O)n(CCCC(=O)NCCCCCCNC(=O)CC45CC6CC(CC(C6)C4)C5)nc(C)c3c2C)cc1. The van der Waals surface area contributed by atoms with E-state index < -0.39 is 0 Å². The van der Waals surface area contributed by atoms with Gasteiger partial charge in [-0.05, 0) is 114 Å². The molecule has 2 amide bonds. The van der Waals surface area contributed by atoms with Crippen LogP contribution in [0.3, 0.4) is 0 Å². The fraction of sp³-hybridized carbons (Fsp3) is 0.639. The lowest BCUT2D eigenvalue weighted by Gasteiger charge is -2.56. The normalized spacial score (nSPS) is 23.5. The van der Waals surface area contributed by atoms with Crippen LogP contribution < -0.4 is 16.2 Å². The molecule has 7 rings (SSSR count). The van der Waals surface area contributed by atoms with Crippen molar-refractivity contribution in [3.8, 4) is 5.69 Å². The molecule has 2 N–H and O–H groups in total. The summed E-state index contributed by atoms with van der Waals surface area (Å²) in [5.74, 6) is 2.91. The number of aromatic nitrogens is 4. The van der Waals surface area contributed by atoms with Gasteiger partial charge in [-0.15, -0.1) is 0 Å². The van der Waals surface area contributed by atoms with Crippen molar-refractivity contribution < 1.29 is 9.59 Å². The summed E-state index contributed by atoms with van der Waals surface area (Å²) in [5.41, 5.74) is 4.20. The number of amides is 2. The summed E-state index contributed by atoms with van der Waals surface area (Å²) in [6.45, 7) is 7.67. The van der Waals surface area contributed by atoms with E-state index in [9.17, 15) is 14.4 Å². The molecule has 0 spiro atoms. The van der Waals surface area contributed by atoms with Crippen LogP contribution in [0.1, 0.15) is 100 Å². The van der Waals surface area contributed by atoms with E-state index in [1.54, 1.807) is 4.68 Å². The van der Waals surface area contributed by atoms with Gasteiger partial charge in [0.05, 0.1) is 22.5 Å². The molecule has 4 saturated carbocycles. The van der Waals surface area contributed by atoms with E-state index in [1.807, 2.05) is 45.0 Å². The molecule has 9 nitrogen and oxygen atoms in total. The highest BCUT2D eigenvalue weighted by Crippen LogP contribution is 2.61. The standard InChI is InChI=1S/C36H50N6O3/c1-24-10-12-30(13-11-24)42-26(3)33-25(2)39-41(35(45)34(33)40-42)16-8-9-31(43)37-14-6-4-5-7-15-38-32(44)23-36-20-27-17-28(21-36)19-29(18-27)22-36/h10-13,27-29H,4-9,14-23H2,1-3H3,(H,37,43)(H,38,44). The van der Waals surface area contributed by atoms with Gasteiger partial charge in [0.2, 0.25) is 11.8 Å². The first kappa shape index (κ1) is 31.5. The Bertz CT molecular complexity index is 1550. The highest BCUT2D eigenvalue weighted by Gasteiger charge is 2.51. The van der Waals surface area contributed by atoms with E-state index in [0.717, 1.165) is 84.4 Å². The van der Waals surface area contributed by atoms with E-state index in [4.69, 9.17) is 0 Å². The Hall–Kier alpha value is -3.49. The summed E-state index contributed by atoms with van der Waals surface area (Å²) < 4.78 is 3.25. The number of nitrogens with one attached hydrogen (secondary N) is 2. The summed E-state index contributed by atoms with van der Waals surface area (Å²) in [6.07, 6.45) is 13.7. The average molecular weight is 615 g/mol. The maximum absolute atomic E-state index is 13.2. The lowest BCUT2D eigenvalue weighted by Crippen LogP contribution is -2.48. The quantitative estimate of drug-likeness (QED) is 0.227. The van der Waals surface area contributed by atoms with Crippen LogP contribution in [0.5, 0.6) is 0 Å². The fourth-order valence-electron chi connectivity index (χ4n) is 9.02. The van der Waals surface area contributed by atoms with Crippen LogP contribution in [0.25, 0.3) is 16.6 Å². The number of rotatable bonds is 14. The maximum Gasteiger partial charge on any atom is 0.295 e. The minimum absolute atomic E-state index is 0.00252. The molecule has 4 aliphatic carbocycles. The molecule has 0 atom stereocenters. The Morgan fingerprint density at radius 1 is 0.822 bits per heavy atom. The van der Waals surface area contributed by atoms with Crippen molar-refractivity contribution in [3.63, 3.8) is 0 Å². The number of hydrogen-bond donors (Lipinski definition) is 2. The smallest absolute Gasteiger partial charge is 0.295 e. The molecule has 0 radical (unpaired) electrons. The average Bonchev–Trinajstić information content (AvgIpc) is 3.34. The van der Waals surface area contributed by atoms with Crippen molar-refractivity contribution in [1.29, 1.82) is 0 Å². The van der Waals surface area contributed by atoms with Crippen LogP contribution in [-0.2, 0) is 16.1 Å². The molecule has 3 aromatic rings. The second kappa shape index (κ2) is 13.5. The monoisotopic (exact) mass is 614 g/mol. The first-order chi connectivity index (χ1) is 21.7. The van der Waals surface area contributed by atoms with Crippen molar-refractivity contribution in [2.75, 3.05) is 13.1 Å². The summed E-state index contributed by atoms with van der Waals surface area (Å²) in [5, 5.41) is 16.2. The zero-order valence-corrected chi connectivity index (χ0v) is 27.4. The zero-order chi connectivity index (χ0) is 31.6. The number of carbonyl (C=O) groups excluding carboxylic acids is 2. The van der Waals surface area contributed by atoms with E-state index in [1.165, 1.54) is 43.2 Å². The number of nitrogens with zero attached hydrogens (tertiary/aromatic N) is 4. The minimum Gasteiger partial charge on any atom is -0.356 e. The Morgan fingerprint density at radius 3 is 2.04 bits per heavy atom. The van der Waals surface area contributed by atoms with Crippen molar-refractivity contribution in [2.24, 2.45) is 23.2 Å². The molecule has 4 aliphatic rings. The Morgan fingerprint density at radius 2 is 1.42 bits per heavy atom. The molecule has 0 unspecified atom stereocenters. The van der Waals surface area contributed by atoms with Gasteiger partial charge in [-0.3, -0.25) is 14.4 Å². The second-order valence-corrected chi connectivity index (χ2v) is 14.5. The minimum atomic E-state index is -0.228. The largest absolute Gasteiger partial charge is 0.356 e. The highest BCUT2D eigenvalue weighted by atomic mass is 16.2. The van der Waals surface area contributed by atoms with Gasteiger partial charge < -0.3 is 10.6 Å². The van der Waals surface area contributed by atoms with Gasteiger partial charge in [-0.25, -0.2) is 9.36 Å². The van der Waals surface area contributed by atoms with Crippen LogP contribution in [0, 0.1) is 43.9 Å². The molecule has 4 fully saturated rings. The molecule has 0 saturated heterocycles. The first-order valence-electron chi connectivity index (χ1n) is 17.3. The number of hydrogen-bond acceptors (Lipinski definition) is 5. The topological polar surface area (TPSA) is 111 Å². The third-order valence-corrected chi connectivity index (χ3v) is 10.7. The summed E-state index contributed by atoms with van der Waals surface area (Å²) in [4.78, 5) is 38.3. The number of unbranched alkanes of at least 4 members (excludes halogenated alkanes) is 3. The fourth-order valence-corrected chi connectivity index (χ4v) is 9.02. The predicted molar refractivity (Wildman–Crippen MR) is 176 cm³/mol. The third-order valence-electron chi connectivity index (χ3n) is 10.7. The van der Waals surface area contributed by atoms with Crippen LogP contribution in [0.2, 0.25) is 0 Å². The molecular formula is C36H50N6O3. The summed E-state index contributed by atoms with van der Waals surface area (Å²) in [6, 6.07) is 8.05. The molecule has 9 heteroatoms. The number of carbonyl (C=O) groups is 2. The summed E-state index contributed by atoms with van der Waals surface area (Å²) >= 11 is 0. The van der Waals surface area contributed by atoms with Crippen LogP contribution in [-0.4, -0.2) is 44.5 Å². The Kier molecular flexibility index (Phi) is 9.43. The molecule has 4 bridgehead atoms. The van der Waals surface area contributed by atoms with Gasteiger partial charge >= 0.3 is 0 Å². The lowest BCUT2D eigenvalue weighted by molar-refractivity contribution is -0.129. The maximum atomic E-state index is 13.2. The van der Waals surface area contributed by atoms with Gasteiger partial charge in [0, 0.05) is 32.5 Å². The zero-order valence-electron chi connectivity index (χ0n) is 27.4.